The van der Waals surface area contributed by atoms with Crippen molar-refractivity contribution in [2.45, 2.75) is 5.92 Å². The Labute approximate surface area is 240 Å². The minimum atomic E-state index is 0.124. The molecule has 2 aliphatic carbocycles. The first kappa shape index (κ1) is 23.7. The Hall–Kier alpha value is -5.20. The fraction of sp³-hybridized carbons (Fsp3) is 0.0244. The molecule has 0 aromatic heterocycles. The van der Waals surface area contributed by atoms with Crippen LogP contribution in [-0.2, 0) is 0 Å². The van der Waals surface area contributed by atoms with Gasteiger partial charge in [-0.1, -0.05) is 158 Å². The van der Waals surface area contributed by atoms with Crippen molar-refractivity contribution in [2.24, 2.45) is 0 Å². The number of benzene rings is 6. The molecule has 1 unspecified atom stereocenters. The molecule has 8 rings (SSSR count). The lowest BCUT2D eigenvalue weighted by atomic mass is 9.84. The van der Waals surface area contributed by atoms with E-state index in [0.717, 1.165) is 0 Å². The fourth-order valence-corrected chi connectivity index (χ4v) is 6.76. The summed E-state index contributed by atoms with van der Waals surface area (Å²) in [5.74, 6) is 0.124. The Morgan fingerprint density at radius 1 is 0.488 bits per heavy atom. The number of fused-ring (bicyclic) bond motifs is 3. The molecule has 6 aromatic carbocycles. The highest BCUT2D eigenvalue weighted by atomic mass is 14.3. The molecule has 192 valence electrons. The zero-order valence-corrected chi connectivity index (χ0v) is 22.7. The topological polar surface area (TPSA) is 0 Å². The van der Waals surface area contributed by atoms with Gasteiger partial charge >= 0.3 is 0 Å². The molecule has 41 heavy (non-hydrogen) atoms. The largest absolute Gasteiger partial charge is 0.0641 e. The predicted molar refractivity (Wildman–Crippen MR) is 170 cm³/mol. The van der Waals surface area contributed by atoms with Gasteiger partial charge in [0.2, 0.25) is 0 Å². The lowest BCUT2D eigenvalue weighted by molar-refractivity contribution is 1.02. The highest BCUT2D eigenvalue weighted by Crippen LogP contribution is 2.43. The molecule has 0 heteroatoms. The lowest BCUT2D eigenvalue weighted by Gasteiger charge is -2.19. The number of hydrogen-bond donors (Lipinski definition) is 0. The minimum absolute atomic E-state index is 0.124. The Morgan fingerprint density at radius 3 is 1.83 bits per heavy atom. The molecular formula is C41H28. The van der Waals surface area contributed by atoms with Gasteiger partial charge in [0.1, 0.15) is 0 Å². The van der Waals surface area contributed by atoms with Gasteiger partial charge in [0, 0.05) is 5.92 Å². The maximum absolute atomic E-state index is 2.50. The monoisotopic (exact) mass is 520 g/mol. The first-order valence-corrected chi connectivity index (χ1v) is 14.3. The molecule has 0 radical (unpaired) electrons. The molecule has 0 bridgehead atoms. The van der Waals surface area contributed by atoms with Crippen LogP contribution in [0, 0.1) is 10.4 Å². The van der Waals surface area contributed by atoms with Gasteiger partial charge in [-0.3, -0.25) is 0 Å². The first-order chi connectivity index (χ1) is 20.4. The van der Waals surface area contributed by atoms with Crippen molar-refractivity contribution >= 4 is 17.2 Å². The molecule has 1 atom stereocenters. The van der Waals surface area contributed by atoms with E-state index in [1.54, 1.807) is 0 Å². The second kappa shape index (κ2) is 9.77. The molecule has 2 aliphatic rings. The van der Waals surface area contributed by atoms with Gasteiger partial charge in [-0.15, -0.1) is 0 Å². The van der Waals surface area contributed by atoms with Crippen molar-refractivity contribution < 1.29 is 0 Å². The molecule has 0 fully saturated rings. The van der Waals surface area contributed by atoms with Crippen molar-refractivity contribution in [1.29, 1.82) is 0 Å². The van der Waals surface area contributed by atoms with Gasteiger partial charge in [-0.25, -0.2) is 0 Å². The van der Waals surface area contributed by atoms with Crippen LogP contribution in [0.2, 0.25) is 0 Å². The van der Waals surface area contributed by atoms with E-state index in [1.165, 1.54) is 71.0 Å². The van der Waals surface area contributed by atoms with E-state index in [1.807, 2.05) is 0 Å². The van der Waals surface area contributed by atoms with Gasteiger partial charge in [-0.2, -0.15) is 0 Å². The first-order valence-electron chi connectivity index (χ1n) is 14.3. The van der Waals surface area contributed by atoms with Crippen LogP contribution in [0.15, 0.2) is 158 Å². The zero-order chi connectivity index (χ0) is 27.2. The SMILES string of the molecule is C1=C(c2ccccc2)c2ccccc2C1c1c2c(ccc1=C(c1ccccc1)c1ccccc1)=c1ccccc1=C2. The number of rotatable bonds is 4. The average Bonchev–Trinajstić information content (AvgIpc) is 3.62. The van der Waals surface area contributed by atoms with Crippen LogP contribution in [-0.4, -0.2) is 0 Å². The van der Waals surface area contributed by atoms with Crippen molar-refractivity contribution in [3.05, 3.63) is 218 Å². The third-order valence-electron chi connectivity index (χ3n) is 8.55. The molecule has 6 aromatic rings. The average molecular weight is 521 g/mol. The second-order valence-electron chi connectivity index (χ2n) is 10.8. The Kier molecular flexibility index (Phi) is 5.64. The summed E-state index contributed by atoms with van der Waals surface area (Å²) >= 11 is 0. The van der Waals surface area contributed by atoms with Crippen LogP contribution in [0.25, 0.3) is 17.2 Å². The summed E-state index contributed by atoms with van der Waals surface area (Å²) in [4.78, 5) is 0. The molecule has 0 saturated heterocycles. The molecule has 0 heterocycles. The van der Waals surface area contributed by atoms with E-state index in [0.29, 0.717) is 0 Å². The van der Waals surface area contributed by atoms with E-state index in [9.17, 15) is 0 Å². The molecule has 0 nitrogen and oxygen atoms in total. The summed E-state index contributed by atoms with van der Waals surface area (Å²) in [5.41, 5.74) is 11.7. The molecule has 0 N–H and O–H groups in total. The summed E-state index contributed by atoms with van der Waals surface area (Å²) in [6.07, 6.45) is 4.91. The molecule has 0 aliphatic heterocycles. The van der Waals surface area contributed by atoms with E-state index in [2.05, 4.69) is 164 Å². The Morgan fingerprint density at radius 2 is 1.10 bits per heavy atom. The van der Waals surface area contributed by atoms with Crippen molar-refractivity contribution in [3.63, 3.8) is 0 Å². The summed E-state index contributed by atoms with van der Waals surface area (Å²) in [6.45, 7) is 0. The van der Waals surface area contributed by atoms with Crippen LogP contribution in [0.4, 0.5) is 0 Å². The van der Waals surface area contributed by atoms with Gasteiger partial charge < -0.3 is 0 Å². The minimum Gasteiger partial charge on any atom is -0.0641 e. The predicted octanol–water partition coefficient (Wildman–Crippen LogP) is 7.94. The van der Waals surface area contributed by atoms with E-state index >= 15 is 0 Å². The standard InChI is InChI=1S/C41H28/c1-4-14-28(15-5-1)37-27-39(34-23-13-12-22-33(34)37)41-36(25-24-35-32-21-11-10-20-31(32)26-38(35)41)40(29-16-6-2-7-17-29)30-18-8-3-9-19-30/h1-27,39H. The highest BCUT2D eigenvalue weighted by molar-refractivity contribution is 5.88. The normalized spacial score (nSPS) is 14.4. The lowest BCUT2D eigenvalue weighted by Crippen LogP contribution is -2.19. The van der Waals surface area contributed by atoms with Crippen LogP contribution in [0.1, 0.15) is 44.9 Å². The molecule has 0 saturated carbocycles. The van der Waals surface area contributed by atoms with Gasteiger partial charge in [0.25, 0.3) is 0 Å². The third kappa shape index (κ3) is 3.91. The van der Waals surface area contributed by atoms with Crippen LogP contribution in [0.3, 0.4) is 0 Å². The molecular weight excluding hydrogens is 492 g/mol. The van der Waals surface area contributed by atoms with E-state index in [4.69, 9.17) is 0 Å². The maximum Gasteiger partial charge on any atom is 0.0297 e. The van der Waals surface area contributed by atoms with Crippen molar-refractivity contribution in [3.8, 4) is 0 Å². The van der Waals surface area contributed by atoms with E-state index in [-0.39, 0.29) is 5.92 Å². The van der Waals surface area contributed by atoms with Crippen molar-refractivity contribution in [1.82, 2.24) is 0 Å². The van der Waals surface area contributed by atoms with Crippen LogP contribution in [0.5, 0.6) is 0 Å². The summed E-state index contributed by atoms with van der Waals surface area (Å²) in [6, 6.07) is 55.0. The zero-order valence-electron chi connectivity index (χ0n) is 22.7. The van der Waals surface area contributed by atoms with Gasteiger partial charge in [0.05, 0.1) is 0 Å². The van der Waals surface area contributed by atoms with E-state index < -0.39 is 0 Å². The molecule has 0 spiro atoms. The summed E-state index contributed by atoms with van der Waals surface area (Å²) in [5, 5.41) is 5.21. The third-order valence-corrected chi connectivity index (χ3v) is 8.55. The Bertz CT molecular complexity index is 2130. The van der Waals surface area contributed by atoms with Crippen LogP contribution < -0.4 is 10.4 Å². The fourth-order valence-electron chi connectivity index (χ4n) is 6.76. The number of hydrogen-bond acceptors (Lipinski definition) is 0. The smallest absolute Gasteiger partial charge is 0.0297 e. The van der Waals surface area contributed by atoms with Gasteiger partial charge in [0.15, 0.2) is 0 Å². The highest BCUT2D eigenvalue weighted by Gasteiger charge is 2.29. The summed E-state index contributed by atoms with van der Waals surface area (Å²) in [7, 11) is 0. The van der Waals surface area contributed by atoms with Crippen LogP contribution >= 0.6 is 0 Å². The number of allylic oxidation sites excluding steroid dienone is 1. The second-order valence-corrected chi connectivity index (χ2v) is 10.8. The maximum atomic E-state index is 2.50. The quantitative estimate of drug-likeness (QED) is 0.221. The molecule has 0 amide bonds. The van der Waals surface area contributed by atoms with Gasteiger partial charge in [-0.05, 0) is 77.0 Å². The van der Waals surface area contributed by atoms with Crippen molar-refractivity contribution in [2.75, 3.05) is 0 Å². The summed E-state index contributed by atoms with van der Waals surface area (Å²) < 4.78 is 0. The Balaban J connectivity index is 1.54.